The number of rotatable bonds is 19. The number of hydrogen-bond acceptors (Lipinski definition) is 6. The zero-order valence-corrected chi connectivity index (χ0v) is 68.8. The lowest BCUT2D eigenvalue weighted by Gasteiger charge is -2.28. The van der Waals surface area contributed by atoms with Gasteiger partial charge in [-0.05, 0) is 318 Å². The first-order valence-electron chi connectivity index (χ1n) is 39.5. The molecule has 1 N–H and O–H groups in total. The van der Waals surface area contributed by atoms with Crippen molar-refractivity contribution < 1.29 is 0 Å². The Balaban J connectivity index is 0.000000164. The number of para-hydroxylation sites is 11. The minimum atomic E-state index is 1.06. The normalized spacial score (nSPS) is 11.0. The van der Waals surface area contributed by atoms with Crippen LogP contribution in [0.15, 0.2) is 479 Å². The molecule has 0 fully saturated rings. The number of nitrogens with one attached hydrogen (secondary N) is 1. The van der Waals surface area contributed by atoms with Gasteiger partial charge in [-0.2, -0.15) is 0 Å². The predicted molar refractivity (Wildman–Crippen MR) is 517 cm³/mol. The second kappa shape index (κ2) is 35.3. The summed E-state index contributed by atoms with van der Waals surface area (Å²) in [5, 5.41) is 8.41. The van der Waals surface area contributed by atoms with Crippen LogP contribution in [0.25, 0.3) is 55.0 Å². The molecule has 0 aliphatic carbocycles. The molecule has 566 valence electrons. The molecule has 118 heavy (non-hydrogen) atoms. The fourth-order valence-electron chi connectivity index (χ4n) is 15.7. The molecule has 0 radical (unpaired) electrons. The molecule has 0 bridgehead atoms. The molecule has 18 aromatic carbocycles. The Labute approximate surface area is 716 Å². The van der Waals surface area contributed by atoms with Crippen molar-refractivity contribution in [2.24, 2.45) is 0 Å². The van der Waals surface area contributed by atoms with Crippen LogP contribution in [0, 0.1) is 7.14 Å². The monoisotopic (exact) mass is 1740 g/mol. The van der Waals surface area contributed by atoms with Crippen LogP contribution in [0.4, 0.5) is 96.7 Å². The van der Waals surface area contributed by atoms with E-state index in [9.17, 15) is 0 Å². The fourth-order valence-corrected chi connectivity index (χ4v) is 16.7. The number of hydrogen-bond donors (Lipinski definition) is 1. The van der Waals surface area contributed by atoms with Gasteiger partial charge in [-0.1, -0.05) is 206 Å². The van der Waals surface area contributed by atoms with E-state index >= 15 is 0 Å². The smallest absolute Gasteiger partial charge is 0.0561 e. The van der Waals surface area contributed by atoms with E-state index in [2.05, 4.69) is 533 Å². The van der Waals surface area contributed by atoms with Crippen LogP contribution >= 0.6 is 45.2 Å². The van der Waals surface area contributed by atoms with Crippen LogP contribution in [0.1, 0.15) is 0 Å². The molecule has 10 heteroatoms. The summed E-state index contributed by atoms with van der Waals surface area (Å²) in [6.07, 6.45) is 0. The minimum absolute atomic E-state index is 1.06. The molecule has 0 unspecified atom stereocenters. The zero-order chi connectivity index (χ0) is 79.4. The lowest BCUT2D eigenvalue weighted by Crippen LogP contribution is -2.12. The summed E-state index contributed by atoms with van der Waals surface area (Å²) < 4.78 is 7.29. The van der Waals surface area contributed by atoms with Crippen LogP contribution < -0.4 is 29.8 Å². The van der Waals surface area contributed by atoms with E-state index in [1.54, 1.807) is 0 Å². The van der Waals surface area contributed by atoms with E-state index < -0.39 is 0 Å². The van der Waals surface area contributed by atoms with E-state index in [4.69, 9.17) is 0 Å². The molecule has 20 aromatic rings. The second-order valence-corrected chi connectivity index (χ2v) is 31.0. The molecule has 0 atom stereocenters. The van der Waals surface area contributed by atoms with E-state index in [0.717, 1.165) is 113 Å². The van der Waals surface area contributed by atoms with Crippen molar-refractivity contribution in [2.45, 2.75) is 0 Å². The van der Waals surface area contributed by atoms with Crippen LogP contribution in [-0.4, -0.2) is 9.13 Å². The van der Waals surface area contributed by atoms with Gasteiger partial charge in [0.2, 0.25) is 0 Å². The van der Waals surface area contributed by atoms with Gasteiger partial charge in [0.05, 0.1) is 22.1 Å². The summed E-state index contributed by atoms with van der Waals surface area (Å²) in [5.74, 6) is 0. The third kappa shape index (κ3) is 16.3. The highest BCUT2D eigenvalue weighted by molar-refractivity contribution is 14.1. The van der Waals surface area contributed by atoms with Gasteiger partial charge in [0.1, 0.15) is 0 Å². The van der Waals surface area contributed by atoms with E-state index in [1.165, 1.54) is 45.4 Å². The van der Waals surface area contributed by atoms with E-state index in [-0.39, 0.29) is 0 Å². The first-order valence-corrected chi connectivity index (χ1v) is 41.7. The summed E-state index contributed by atoms with van der Waals surface area (Å²) in [4.78, 5) is 11.6. The summed E-state index contributed by atoms with van der Waals surface area (Å²) in [6, 6.07) is 169. The Morgan fingerprint density at radius 1 is 0.161 bits per heavy atom. The number of fused-ring (bicyclic) bond motifs is 6. The molecule has 2 heterocycles. The Morgan fingerprint density at radius 3 is 0.686 bits per heavy atom. The number of anilines is 17. The van der Waals surface area contributed by atoms with Crippen molar-refractivity contribution >= 4 is 185 Å². The van der Waals surface area contributed by atoms with Gasteiger partial charge in [0.25, 0.3) is 0 Å². The minimum Gasteiger partial charge on any atom is -0.356 e. The maximum Gasteiger partial charge on any atom is 0.0561 e. The molecule has 0 aliphatic rings. The first-order chi connectivity index (χ1) is 58.4. The maximum atomic E-state index is 3.43. The van der Waals surface area contributed by atoms with Crippen molar-refractivity contribution in [3.8, 4) is 11.4 Å². The predicted octanol–water partition coefficient (Wildman–Crippen LogP) is 31.6. The van der Waals surface area contributed by atoms with E-state index in [1.807, 2.05) is 30.3 Å². The molecule has 20 rings (SSSR count). The lowest BCUT2D eigenvalue weighted by atomic mass is 10.1. The molecule has 0 amide bonds. The van der Waals surface area contributed by atoms with Gasteiger partial charge < -0.3 is 39.0 Å². The molecule has 2 aromatic heterocycles. The van der Waals surface area contributed by atoms with Crippen LogP contribution in [0.3, 0.4) is 0 Å². The van der Waals surface area contributed by atoms with Crippen molar-refractivity contribution in [2.75, 3.05) is 29.8 Å². The highest BCUT2D eigenvalue weighted by Crippen LogP contribution is 2.46. The molecule has 0 saturated heterocycles. The Bertz CT molecular complexity index is 6500. The third-order valence-electron chi connectivity index (χ3n) is 21.0. The van der Waals surface area contributed by atoms with Gasteiger partial charge in [0.15, 0.2) is 0 Å². The van der Waals surface area contributed by atoms with Crippen molar-refractivity contribution in [3.05, 3.63) is 486 Å². The molecule has 0 spiro atoms. The number of benzene rings is 18. The average Bonchev–Trinajstić information content (AvgIpc) is 1.61. The Kier molecular flexibility index (Phi) is 22.5. The number of nitrogens with zero attached hydrogens (tertiary/aromatic N) is 7. The highest BCUT2D eigenvalue weighted by Gasteiger charge is 2.23. The summed E-state index contributed by atoms with van der Waals surface area (Å²) >= 11 is 4.76. The van der Waals surface area contributed by atoms with Gasteiger partial charge in [-0.3, -0.25) is 0 Å². The molecule has 0 aliphatic heterocycles. The van der Waals surface area contributed by atoms with Crippen molar-refractivity contribution in [1.29, 1.82) is 0 Å². The molecule has 8 nitrogen and oxygen atoms in total. The summed E-state index contributed by atoms with van der Waals surface area (Å²) in [6.45, 7) is 0. The van der Waals surface area contributed by atoms with Crippen LogP contribution in [-0.2, 0) is 0 Å². The first kappa shape index (κ1) is 75.2. The third-order valence-corrected chi connectivity index (χ3v) is 22.3. The maximum absolute atomic E-state index is 3.43. The SMILES string of the molecule is Ic1ccc2c(c1)c1cc(I)ccc1n2-c1ccccc1.c1ccc(N(c2ccccc2)c2ccc(N(c3ccccc3)c3ccc4c(c3)c3ccc(N(c5ccccc5)c5ccc(N(c6ccccc6)c6ccccc6)cc5)cc3n4-c3ccccc3)cc2)cc1.c1ccc(Nc2ccc(N(c3ccccc3)c3ccccc3)cc2)cc1. The zero-order valence-electron chi connectivity index (χ0n) is 64.5. The van der Waals surface area contributed by atoms with Crippen molar-refractivity contribution in [3.63, 3.8) is 0 Å². The summed E-state index contributed by atoms with van der Waals surface area (Å²) in [5.41, 5.74) is 25.7. The highest BCUT2D eigenvalue weighted by atomic mass is 127. The van der Waals surface area contributed by atoms with Crippen LogP contribution in [0.2, 0.25) is 0 Å². The van der Waals surface area contributed by atoms with Gasteiger partial charge in [-0.25, -0.2) is 0 Å². The molecular formula is C108H80I2N8. The summed E-state index contributed by atoms with van der Waals surface area (Å²) in [7, 11) is 0. The largest absolute Gasteiger partial charge is 0.356 e. The van der Waals surface area contributed by atoms with Crippen molar-refractivity contribution in [1.82, 2.24) is 9.13 Å². The fraction of sp³-hybridized carbons (Fsp3) is 0. The Hall–Kier alpha value is -14.2. The standard InChI is InChI=1S/C66H49N5.C24H20N2.C18H11I2N/c1-8-22-50(23-9-1)67(51-24-10-2-11-25-51)57-36-40-59(41-37-57)69(54-30-16-5-17-31-54)61-45-47-65-64(48-61)63-46-44-62(49-66(63)71(65)56-34-20-7-21-35-56)70(55-32-18-6-19-33-55)60-42-38-58(39-43-60)68(52-26-12-3-13-27-52)53-28-14-4-15-29-53;1-4-10-20(11-5-1)25-21-16-18-24(19-17-21)26(22-12-6-2-7-13-22)23-14-8-3-9-15-23;19-12-6-8-17-15(10-12)16-11-13(20)7-9-18(16)21(17)14-4-2-1-3-5-14/h1-49H;1-19,25H;1-11H. The molecular weight excluding hydrogens is 1660 g/mol. The Morgan fingerprint density at radius 2 is 0.373 bits per heavy atom. The van der Waals surface area contributed by atoms with Gasteiger partial charge in [-0.15, -0.1) is 0 Å². The molecule has 0 saturated carbocycles. The lowest BCUT2D eigenvalue weighted by molar-refractivity contribution is 1.17. The van der Waals surface area contributed by atoms with Crippen LogP contribution in [0.5, 0.6) is 0 Å². The van der Waals surface area contributed by atoms with E-state index in [0.29, 0.717) is 0 Å². The number of halogens is 2. The topological polar surface area (TPSA) is 38.1 Å². The van der Waals surface area contributed by atoms with Gasteiger partial charge in [0, 0.05) is 137 Å². The second-order valence-electron chi connectivity index (χ2n) is 28.5. The van der Waals surface area contributed by atoms with Gasteiger partial charge >= 0.3 is 0 Å². The number of aromatic nitrogens is 2. The average molecular weight is 1740 g/mol. The quantitative estimate of drug-likeness (QED) is 0.0814.